The monoisotopic (exact) mass is 530 g/mol. The first kappa shape index (κ1) is 24.8. The van der Waals surface area contributed by atoms with E-state index in [4.69, 9.17) is 19.2 Å². The SMILES string of the molecule is C=NCc1c(C2COC(C)(C)O2)cc(C2CCC(Br)CC2)nc1OC(C(=O)O)c1ccccc1. The summed E-state index contributed by atoms with van der Waals surface area (Å²) >= 11 is 3.72. The zero-order valence-electron chi connectivity index (χ0n) is 19.6. The Morgan fingerprint density at radius 1 is 1.29 bits per heavy atom. The molecule has 1 aliphatic heterocycles. The lowest BCUT2D eigenvalue weighted by atomic mass is 9.85. The third-order valence-electron chi connectivity index (χ3n) is 6.40. The quantitative estimate of drug-likeness (QED) is 0.346. The van der Waals surface area contributed by atoms with E-state index >= 15 is 0 Å². The number of pyridine rings is 1. The molecule has 2 atom stereocenters. The number of aliphatic carboxylic acids is 1. The number of aliphatic imine (C=N–C) groups is 1. The van der Waals surface area contributed by atoms with E-state index in [1.165, 1.54) is 0 Å². The van der Waals surface area contributed by atoms with Crippen LogP contribution in [-0.2, 0) is 20.8 Å². The van der Waals surface area contributed by atoms with Crippen LogP contribution >= 0.6 is 15.9 Å². The maximum atomic E-state index is 12.2. The lowest BCUT2D eigenvalue weighted by Gasteiger charge is -2.28. The molecule has 1 aromatic heterocycles. The third-order valence-corrected chi connectivity index (χ3v) is 7.31. The van der Waals surface area contributed by atoms with Gasteiger partial charge in [0.25, 0.3) is 0 Å². The Bertz CT molecular complexity index is 1020. The molecule has 4 rings (SSSR count). The molecule has 1 N–H and O–H groups in total. The highest BCUT2D eigenvalue weighted by Gasteiger charge is 2.37. The van der Waals surface area contributed by atoms with Crippen molar-refractivity contribution >= 4 is 28.6 Å². The summed E-state index contributed by atoms with van der Waals surface area (Å²) in [5.74, 6) is -1.27. The van der Waals surface area contributed by atoms with Gasteiger partial charge in [0, 0.05) is 27.6 Å². The minimum Gasteiger partial charge on any atom is -0.478 e. The average Bonchev–Trinajstić information content (AvgIpc) is 3.18. The zero-order valence-corrected chi connectivity index (χ0v) is 21.2. The number of rotatable bonds is 8. The van der Waals surface area contributed by atoms with Crippen molar-refractivity contribution < 1.29 is 24.1 Å². The molecule has 182 valence electrons. The van der Waals surface area contributed by atoms with Gasteiger partial charge in [-0.15, -0.1) is 0 Å². The van der Waals surface area contributed by atoms with Crippen LogP contribution in [0.25, 0.3) is 0 Å². The summed E-state index contributed by atoms with van der Waals surface area (Å²) in [6, 6.07) is 11.0. The Balaban J connectivity index is 1.79. The van der Waals surface area contributed by atoms with Gasteiger partial charge in [0.05, 0.1) is 13.2 Å². The van der Waals surface area contributed by atoms with Gasteiger partial charge in [0.15, 0.2) is 5.79 Å². The lowest BCUT2D eigenvalue weighted by Crippen LogP contribution is -2.22. The maximum absolute atomic E-state index is 12.2. The molecule has 2 fully saturated rings. The topological polar surface area (TPSA) is 90.2 Å². The molecule has 1 aliphatic carbocycles. The normalized spacial score (nSPS) is 25.0. The molecule has 0 amide bonds. The maximum Gasteiger partial charge on any atom is 0.349 e. The van der Waals surface area contributed by atoms with Crippen LogP contribution in [0.4, 0.5) is 0 Å². The highest BCUT2D eigenvalue weighted by Crippen LogP contribution is 2.42. The van der Waals surface area contributed by atoms with Gasteiger partial charge in [-0.1, -0.05) is 46.3 Å². The number of benzene rings is 1. The van der Waals surface area contributed by atoms with Crippen molar-refractivity contribution in [2.45, 2.75) is 74.8 Å². The fourth-order valence-electron chi connectivity index (χ4n) is 4.64. The molecule has 2 unspecified atom stereocenters. The molecular weight excluding hydrogens is 500 g/mol. The molecule has 8 heteroatoms. The number of alkyl halides is 1. The summed E-state index contributed by atoms with van der Waals surface area (Å²) in [5.41, 5.74) is 2.99. The fourth-order valence-corrected chi connectivity index (χ4v) is 5.17. The summed E-state index contributed by atoms with van der Waals surface area (Å²) < 4.78 is 18.2. The summed E-state index contributed by atoms with van der Waals surface area (Å²) in [4.78, 5) is 21.7. The summed E-state index contributed by atoms with van der Waals surface area (Å²) in [6.07, 6.45) is 2.58. The Morgan fingerprint density at radius 3 is 2.59 bits per heavy atom. The largest absolute Gasteiger partial charge is 0.478 e. The number of carboxylic acids is 1. The molecular formula is C26H31BrN2O5. The van der Waals surface area contributed by atoms with Gasteiger partial charge in [-0.25, -0.2) is 9.78 Å². The molecule has 1 aromatic carbocycles. The van der Waals surface area contributed by atoms with Gasteiger partial charge in [0.1, 0.15) is 6.10 Å². The van der Waals surface area contributed by atoms with E-state index < -0.39 is 17.9 Å². The van der Waals surface area contributed by atoms with E-state index in [2.05, 4.69) is 33.7 Å². The van der Waals surface area contributed by atoms with Crippen molar-refractivity contribution in [2.75, 3.05) is 6.61 Å². The number of carbonyl (C=O) groups is 1. The average molecular weight is 531 g/mol. The Kier molecular flexibility index (Phi) is 7.70. The van der Waals surface area contributed by atoms with Crippen LogP contribution in [0.5, 0.6) is 5.88 Å². The number of ether oxygens (including phenoxy) is 3. The highest BCUT2D eigenvalue weighted by molar-refractivity contribution is 9.09. The number of nitrogens with zero attached hydrogens (tertiary/aromatic N) is 2. The van der Waals surface area contributed by atoms with E-state index in [9.17, 15) is 9.90 Å². The van der Waals surface area contributed by atoms with E-state index in [0.717, 1.165) is 36.9 Å². The number of hydrogen-bond donors (Lipinski definition) is 1. The van der Waals surface area contributed by atoms with Crippen LogP contribution < -0.4 is 4.74 Å². The number of hydrogen-bond acceptors (Lipinski definition) is 6. The minimum absolute atomic E-state index is 0.230. The lowest BCUT2D eigenvalue weighted by molar-refractivity contribution is -0.145. The molecule has 2 aliphatic rings. The van der Waals surface area contributed by atoms with Crippen molar-refractivity contribution in [1.29, 1.82) is 0 Å². The summed E-state index contributed by atoms with van der Waals surface area (Å²) in [5, 5.41) is 9.97. The number of carboxylic acid groups (broad SMARTS) is 1. The molecule has 1 saturated carbocycles. The first-order valence-corrected chi connectivity index (χ1v) is 12.6. The second-order valence-corrected chi connectivity index (χ2v) is 10.6. The molecule has 34 heavy (non-hydrogen) atoms. The van der Waals surface area contributed by atoms with Crippen LogP contribution in [0.1, 0.15) is 80.0 Å². The zero-order chi connectivity index (χ0) is 24.3. The van der Waals surface area contributed by atoms with Crippen molar-refractivity contribution in [1.82, 2.24) is 4.98 Å². The van der Waals surface area contributed by atoms with Gasteiger partial charge in [-0.3, -0.25) is 4.99 Å². The van der Waals surface area contributed by atoms with Crippen LogP contribution in [0, 0.1) is 0 Å². The third kappa shape index (κ3) is 5.67. The van der Waals surface area contributed by atoms with E-state index in [1.54, 1.807) is 24.3 Å². The predicted octanol–water partition coefficient (Wildman–Crippen LogP) is 5.73. The minimum atomic E-state index is -1.20. The second kappa shape index (κ2) is 10.5. The van der Waals surface area contributed by atoms with Crippen molar-refractivity contribution in [2.24, 2.45) is 4.99 Å². The Morgan fingerprint density at radius 2 is 2.00 bits per heavy atom. The molecule has 7 nitrogen and oxygen atoms in total. The fraction of sp³-hybridized carbons (Fsp3) is 0.500. The van der Waals surface area contributed by atoms with Crippen molar-refractivity contribution in [3.63, 3.8) is 0 Å². The van der Waals surface area contributed by atoms with Gasteiger partial charge >= 0.3 is 5.97 Å². The van der Waals surface area contributed by atoms with E-state index in [1.807, 2.05) is 19.9 Å². The molecule has 2 heterocycles. The smallest absolute Gasteiger partial charge is 0.349 e. The van der Waals surface area contributed by atoms with Crippen molar-refractivity contribution in [3.8, 4) is 5.88 Å². The van der Waals surface area contributed by atoms with Gasteiger partial charge in [-0.05, 0) is 57.9 Å². The standard InChI is InChI=1S/C26H31BrN2O5/c1-26(2)32-15-22(34-26)19-13-21(16-9-11-18(27)12-10-16)29-24(20(19)14-28-3)33-23(25(30)31)17-7-5-4-6-8-17/h4-8,13,16,18,22-23H,3,9-12,14-15H2,1-2H3,(H,30,31). The van der Waals surface area contributed by atoms with Gasteiger partial charge in [-0.2, -0.15) is 0 Å². The number of aromatic nitrogens is 1. The van der Waals surface area contributed by atoms with Crippen LogP contribution in [0.3, 0.4) is 0 Å². The molecule has 0 spiro atoms. The predicted molar refractivity (Wildman–Crippen MR) is 133 cm³/mol. The first-order valence-electron chi connectivity index (χ1n) is 11.6. The van der Waals surface area contributed by atoms with E-state index in [-0.39, 0.29) is 24.4 Å². The van der Waals surface area contributed by atoms with E-state index in [0.29, 0.717) is 22.6 Å². The van der Waals surface area contributed by atoms with Crippen LogP contribution in [0.15, 0.2) is 41.4 Å². The van der Waals surface area contributed by atoms with Crippen LogP contribution in [0.2, 0.25) is 0 Å². The molecule has 0 radical (unpaired) electrons. The Labute approximate surface area is 208 Å². The second-order valence-electron chi connectivity index (χ2n) is 9.31. The summed E-state index contributed by atoms with van der Waals surface area (Å²) in [6.45, 7) is 8.03. The number of halogens is 1. The van der Waals surface area contributed by atoms with Gasteiger partial charge < -0.3 is 19.3 Å². The molecule has 0 bridgehead atoms. The van der Waals surface area contributed by atoms with Gasteiger partial charge in [0.2, 0.25) is 12.0 Å². The Hall–Kier alpha value is -2.29. The molecule has 1 saturated heterocycles. The first-order chi connectivity index (χ1) is 16.3. The summed E-state index contributed by atoms with van der Waals surface area (Å²) in [7, 11) is 0. The highest BCUT2D eigenvalue weighted by atomic mass is 79.9. The van der Waals surface area contributed by atoms with Crippen LogP contribution in [-0.4, -0.2) is 40.0 Å². The van der Waals surface area contributed by atoms with Crippen molar-refractivity contribution in [3.05, 3.63) is 58.8 Å². The molecule has 2 aromatic rings.